The summed E-state index contributed by atoms with van der Waals surface area (Å²) >= 11 is 1.54. The number of hydrogen-bond acceptors (Lipinski definition) is 7. The lowest BCUT2D eigenvalue weighted by Crippen LogP contribution is -2.25. The number of aryl methyl sites for hydroxylation is 3. The smallest absolute Gasteiger partial charge is 0.340 e. The van der Waals surface area contributed by atoms with Gasteiger partial charge in [-0.25, -0.2) is 4.79 Å². The molecular weight excluding hydrogens is 406 g/mol. The Morgan fingerprint density at radius 3 is 2.33 bits per heavy atom. The zero-order chi connectivity index (χ0) is 22.6. The van der Waals surface area contributed by atoms with Gasteiger partial charge in [0.2, 0.25) is 5.78 Å². The van der Waals surface area contributed by atoms with Gasteiger partial charge >= 0.3 is 11.9 Å². The second-order valence-electron chi connectivity index (χ2n) is 7.09. The van der Waals surface area contributed by atoms with Gasteiger partial charge in [-0.3, -0.25) is 14.4 Å². The number of carbonyl (C=O) groups excluding carboxylic acids is 4. The van der Waals surface area contributed by atoms with Crippen LogP contribution in [0.3, 0.4) is 0 Å². The maximum Gasteiger partial charge on any atom is 0.340 e. The van der Waals surface area contributed by atoms with Crippen LogP contribution in [0.5, 0.6) is 0 Å². The van der Waals surface area contributed by atoms with E-state index >= 15 is 0 Å². The molecule has 2 aromatic heterocycles. The Morgan fingerprint density at radius 2 is 1.77 bits per heavy atom. The van der Waals surface area contributed by atoms with E-state index in [1.807, 2.05) is 19.9 Å². The second kappa shape index (κ2) is 9.84. The maximum atomic E-state index is 12.7. The highest BCUT2D eigenvalue weighted by atomic mass is 32.1. The van der Waals surface area contributed by atoms with Crippen molar-refractivity contribution in [1.29, 1.82) is 0 Å². The van der Waals surface area contributed by atoms with Gasteiger partial charge in [-0.1, -0.05) is 0 Å². The molecule has 30 heavy (non-hydrogen) atoms. The molecule has 0 aliphatic heterocycles. The predicted octanol–water partition coefficient (Wildman–Crippen LogP) is 4.26. The first-order valence-electron chi connectivity index (χ1n) is 9.76. The van der Waals surface area contributed by atoms with Crippen LogP contribution in [0.2, 0.25) is 0 Å². The van der Waals surface area contributed by atoms with Gasteiger partial charge in [0, 0.05) is 27.4 Å². The predicted molar refractivity (Wildman–Crippen MR) is 113 cm³/mol. The lowest BCUT2D eigenvalue weighted by atomic mass is 10.1. The van der Waals surface area contributed by atoms with E-state index in [1.165, 1.54) is 18.3 Å². The third kappa shape index (κ3) is 5.24. The third-order valence-electron chi connectivity index (χ3n) is 4.74. The first-order chi connectivity index (χ1) is 14.1. The van der Waals surface area contributed by atoms with Crippen LogP contribution in [-0.2, 0) is 14.3 Å². The Kier molecular flexibility index (Phi) is 7.72. The Bertz CT molecular complexity index is 984. The third-order valence-corrected chi connectivity index (χ3v) is 5.70. The van der Waals surface area contributed by atoms with Crippen molar-refractivity contribution >= 4 is 34.8 Å². The number of carbonyl (C=O) groups is 4. The van der Waals surface area contributed by atoms with Crippen molar-refractivity contribution in [2.24, 2.45) is 0 Å². The molecule has 0 aromatic carbocycles. The fraction of sp³-hybridized carbons (Fsp3) is 0.455. The molecule has 0 bridgehead atoms. The van der Waals surface area contributed by atoms with E-state index in [4.69, 9.17) is 9.47 Å². The summed E-state index contributed by atoms with van der Waals surface area (Å²) < 4.78 is 10.2. The number of aromatic nitrogens is 1. The number of H-pyrrole nitrogens is 1. The van der Waals surface area contributed by atoms with Crippen LogP contribution in [-0.4, -0.2) is 41.2 Å². The van der Waals surface area contributed by atoms with Crippen LogP contribution in [0.25, 0.3) is 0 Å². The van der Waals surface area contributed by atoms with Crippen molar-refractivity contribution in [3.63, 3.8) is 0 Å². The normalized spacial score (nSPS) is 11.8. The van der Waals surface area contributed by atoms with Crippen LogP contribution in [0.4, 0.5) is 0 Å². The first-order valence-corrected chi connectivity index (χ1v) is 10.6. The monoisotopic (exact) mass is 433 g/mol. The van der Waals surface area contributed by atoms with Gasteiger partial charge in [-0.2, -0.15) is 0 Å². The maximum absolute atomic E-state index is 12.7. The number of esters is 2. The highest BCUT2D eigenvalue weighted by Crippen LogP contribution is 2.23. The lowest BCUT2D eigenvalue weighted by Gasteiger charge is -2.12. The minimum atomic E-state index is -1.05. The minimum Gasteiger partial charge on any atom is -0.462 e. The van der Waals surface area contributed by atoms with E-state index in [0.717, 1.165) is 9.75 Å². The number of Topliss-reactive ketones (excluding diaryl/α,β-unsaturated/α-hetero) is 2. The molecule has 0 unspecified atom stereocenters. The SMILES string of the molecule is CCOC(=O)c1c(C)[nH]c(C(=O)[C@H](C)OC(=O)CCC(=O)c2cc(C)sc2C)c1C. The van der Waals surface area contributed by atoms with Crippen LogP contribution >= 0.6 is 11.3 Å². The topological polar surface area (TPSA) is 103 Å². The lowest BCUT2D eigenvalue weighted by molar-refractivity contribution is -0.146. The molecule has 0 saturated carbocycles. The van der Waals surface area contributed by atoms with Gasteiger partial charge in [-0.15, -0.1) is 11.3 Å². The fourth-order valence-corrected chi connectivity index (χ4v) is 4.22. The van der Waals surface area contributed by atoms with Crippen LogP contribution in [0.15, 0.2) is 6.07 Å². The largest absolute Gasteiger partial charge is 0.462 e. The summed E-state index contributed by atoms with van der Waals surface area (Å²) in [4.78, 5) is 54.1. The Morgan fingerprint density at radius 1 is 1.10 bits per heavy atom. The molecule has 0 amide bonds. The Labute approximate surface area is 179 Å². The summed E-state index contributed by atoms with van der Waals surface area (Å²) in [6, 6.07) is 1.82. The second-order valence-corrected chi connectivity index (χ2v) is 8.55. The number of rotatable bonds is 9. The molecule has 7 nitrogen and oxygen atoms in total. The Balaban J connectivity index is 1.99. The molecule has 8 heteroatoms. The number of hydrogen-bond donors (Lipinski definition) is 1. The number of ether oxygens (including phenoxy) is 2. The molecule has 1 N–H and O–H groups in total. The van der Waals surface area contributed by atoms with Gasteiger partial charge < -0.3 is 14.5 Å². The van der Waals surface area contributed by atoms with Crippen molar-refractivity contribution in [2.75, 3.05) is 6.61 Å². The molecule has 2 heterocycles. The number of ketones is 2. The molecule has 0 saturated heterocycles. The van der Waals surface area contributed by atoms with E-state index in [1.54, 1.807) is 20.8 Å². The molecule has 0 radical (unpaired) electrons. The summed E-state index contributed by atoms with van der Waals surface area (Å²) in [6.45, 7) is 10.5. The van der Waals surface area contributed by atoms with Gasteiger partial charge in [0.1, 0.15) is 0 Å². The van der Waals surface area contributed by atoms with E-state index in [0.29, 0.717) is 22.4 Å². The molecule has 1 atom stereocenters. The molecule has 162 valence electrons. The number of aromatic amines is 1. The highest BCUT2D eigenvalue weighted by Gasteiger charge is 2.27. The Hall–Kier alpha value is -2.74. The molecule has 2 aromatic rings. The average Bonchev–Trinajstić information content (AvgIpc) is 3.16. The minimum absolute atomic E-state index is 0.0183. The standard InChI is InChI=1S/C22H27NO6S/c1-7-28-22(27)19-12(3)20(23-13(19)4)21(26)14(5)29-18(25)9-8-17(24)16-10-11(2)30-15(16)6/h10,14,23H,7-9H2,1-6H3/t14-/m0/s1. The van der Waals surface area contributed by atoms with Gasteiger partial charge in [-0.05, 0) is 53.2 Å². The summed E-state index contributed by atoms with van der Waals surface area (Å²) in [7, 11) is 0. The fourth-order valence-electron chi connectivity index (χ4n) is 3.28. The average molecular weight is 434 g/mol. The molecule has 0 aliphatic carbocycles. The van der Waals surface area contributed by atoms with Crippen LogP contribution in [0.1, 0.15) is 78.9 Å². The zero-order valence-electron chi connectivity index (χ0n) is 18.1. The molecule has 0 spiro atoms. The van der Waals surface area contributed by atoms with Gasteiger partial charge in [0.15, 0.2) is 11.9 Å². The number of nitrogens with one attached hydrogen (secondary N) is 1. The summed E-state index contributed by atoms with van der Waals surface area (Å²) in [5, 5.41) is 0. The summed E-state index contributed by atoms with van der Waals surface area (Å²) in [6.07, 6.45) is -1.14. The molecule has 0 aliphatic rings. The van der Waals surface area contributed by atoms with E-state index in [9.17, 15) is 19.2 Å². The quantitative estimate of drug-likeness (QED) is 0.468. The van der Waals surface area contributed by atoms with Crippen LogP contribution in [0, 0.1) is 27.7 Å². The van der Waals surface area contributed by atoms with E-state index in [2.05, 4.69) is 4.98 Å². The molecule has 2 rings (SSSR count). The highest BCUT2D eigenvalue weighted by molar-refractivity contribution is 7.12. The van der Waals surface area contributed by atoms with Crippen molar-refractivity contribution in [2.45, 2.75) is 60.5 Å². The zero-order valence-corrected chi connectivity index (χ0v) is 19.0. The van der Waals surface area contributed by atoms with Crippen molar-refractivity contribution in [1.82, 2.24) is 4.98 Å². The van der Waals surface area contributed by atoms with Gasteiger partial charge in [0.05, 0.1) is 24.3 Å². The van der Waals surface area contributed by atoms with Crippen LogP contribution < -0.4 is 0 Å². The van der Waals surface area contributed by atoms with Crippen molar-refractivity contribution < 1.29 is 28.7 Å². The van der Waals surface area contributed by atoms with E-state index < -0.39 is 23.8 Å². The summed E-state index contributed by atoms with van der Waals surface area (Å²) in [5.74, 6) is -1.71. The van der Waals surface area contributed by atoms with Crippen molar-refractivity contribution in [3.8, 4) is 0 Å². The van der Waals surface area contributed by atoms with Gasteiger partial charge in [0.25, 0.3) is 0 Å². The summed E-state index contributed by atoms with van der Waals surface area (Å²) in [5.41, 5.74) is 2.11. The molecule has 0 fully saturated rings. The van der Waals surface area contributed by atoms with E-state index in [-0.39, 0.29) is 30.9 Å². The van der Waals surface area contributed by atoms with Crippen molar-refractivity contribution in [3.05, 3.63) is 43.9 Å². The molecular formula is C22H27NO6S. The number of thiophene rings is 1. The first kappa shape index (κ1) is 23.5.